The van der Waals surface area contributed by atoms with Gasteiger partial charge in [0, 0.05) is 39.8 Å². The summed E-state index contributed by atoms with van der Waals surface area (Å²) in [6, 6.07) is 13.8. The zero-order valence-electron chi connectivity index (χ0n) is 22.0. The Hall–Kier alpha value is -3.70. The molecule has 38 heavy (non-hydrogen) atoms. The van der Waals surface area contributed by atoms with E-state index in [2.05, 4.69) is 0 Å². The summed E-state index contributed by atoms with van der Waals surface area (Å²) in [4.78, 5) is 16.6. The molecule has 2 aromatic carbocycles. The van der Waals surface area contributed by atoms with Crippen LogP contribution in [-0.2, 0) is 16.4 Å². The standard InChI is InChI=1S/C27H33N3O7S/c1-28(12-11-20-7-9-24(35-3)26(18-20)36-4)38(32,33)21-8-10-23(34-2)22(19-21)29-13-15-30(16-14-29)27(31)25-6-5-17-37-25/h5-10,17-19H,11-16H2,1-4H3. The number of furan rings is 1. The maximum absolute atomic E-state index is 13.4. The number of nitrogens with zero attached hydrogens (tertiary/aromatic N) is 3. The van der Waals surface area contributed by atoms with Gasteiger partial charge in [0.05, 0.1) is 38.2 Å². The van der Waals surface area contributed by atoms with Gasteiger partial charge in [-0.25, -0.2) is 12.7 Å². The maximum Gasteiger partial charge on any atom is 0.289 e. The lowest BCUT2D eigenvalue weighted by Gasteiger charge is -2.36. The van der Waals surface area contributed by atoms with E-state index in [0.717, 1.165) is 5.56 Å². The molecule has 2 heterocycles. The first-order valence-corrected chi connectivity index (χ1v) is 13.7. The van der Waals surface area contributed by atoms with Crippen molar-refractivity contribution < 1.29 is 31.8 Å². The first-order chi connectivity index (χ1) is 18.3. The predicted molar refractivity (Wildman–Crippen MR) is 143 cm³/mol. The SMILES string of the molecule is COc1ccc(CCN(C)S(=O)(=O)c2ccc(OC)c(N3CCN(C(=O)c4ccco4)CC3)c2)cc1OC. The van der Waals surface area contributed by atoms with Crippen LogP contribution in [0.25, 0.3) is 0 Å². The van der Waals surface area contributed by atoms with E-state index in [9.17, 15) is 13.2 Å². The zero-order valence-corrected chi connectivity index (χ0v) is 22.9. The van der Waals surface area contributed by atoms with E-state index in [4.69, 9.17) is 18.6 Å². The number of carbonyl (C=O) groups is 1. The van der Waals surface area contributed by atoms with Crippen molar-refractivity contribution in [3.63, 3.8) is 0 Å². The predicted octanol–water partition coefficient (Wildman–Crippen LogP) is 3.13. The highest BCUT2D eigenvalue weighted by Crippen LogP contribution is 2.33. The Labute approximate surface area is 223 Å². The second kappa shape index (κ2) is 11.8. The normalized spacial score (nSPS) is 14.0. The van der Waals surface area contributed by atoms with Gasteiger partial charge in [-0.3, -0.25) is 4.79 Å². The summed E-state index contributed by atoms with van der Waals surface area (Å²) in [5.41, 5.74) is 1.61. The smallest absolute Gasteiger partial charge is 0.289 e. The minimum absolute atomic E-state index is 0.158. The molecule has 0 saturated carbocycles. The van der Waals surface area contributed by atoms with Crippen LogP contribution in [0.1, 0.15) is 16.1 Å². The molecule has 1 saturated heterocycles. The molecular weight excluding hydrogens is 510 g/mol. The van der Waals surface area contributed by atoms with Crippen LogP contribution >= 0.6 is 0 Å². The van der Waals surface area contributed by atoms with Crippen molar-refractivity contribution in [3.05, 3.63) is 66.1 Å². The van der Waals surface area contributed by atoms with Crippen molar-refractivity contribution in [2.45, 2.75) is 11.3 Å². The fraction of sp³-hybridized carbons (Fsp3) is 0.370. The number of piperazine rings is 1. The average Bonchev–Trinajstić information content (AvgIpc) is 3.50. The summed E-state index contributed by atoms with van der Waals surface area (Å²) >= 11 is 0. The molecule has 0 aliphatic carbocycles. The third kappa shape index (κ3) is 5.73. The van der Waals surface area contributed by atoms with E-state index in [-0.39, 0.29) is 17.3 Å². The summed E-state index contributed by atoms with van der Waals surface area (Å²) in [7, 11) is 2.50. The van der Waals surface area contributed by atoms with Crippen LogP contribution in [0.2, 0.25) is 0 Å². The van der Waals surface area contributed by atoms with E-state index in [1.165, 1.54) is 10.6 Å². The molecule has 1 aliphatic rings. The van der Waals surface area contributed by atoms with Gasteiger partial charge in [0.25, 0.3) is 5.91 Å². The summed E-state index contributed by atoms with van der Waals surface area (Å²) in [5, 5.41) is 0. The second-order valence-electron chi connectivity index (χ2n) is 8.86. The maximum atomic E-state index is 13.4. The van der Waals surface area contributed by atoms with Gasteiger partial charge < -0.3 is 28.4 Å². The Morgan fingerprint density at radius 1 is 0.921 bits per heavy atom. The van der Waals surface area contributed by atoms with Crippen LogP contribution < -0.4 is 19.1 Å². The van der Waals surface area contributed by atoms with Crippen LogP contribution in [-0.4, -0.2) is 84.6 Å². The lowest BCUT2D eigenvalue weighted by Crippen LogP contribution is -2.48. The third-order valence-corrected chi connectivity index (χ3v) is 8.51. The first-order valence-electron chi connectivity index (χ1n) is 12.2. The molecule has 0 bridgehead atoms. The molecule has 1 aromatic heterocycles. The van der Waals surface area contributed by atoms with Crippen molar-refractivity contribution in [2.75, 3.05) is 66.0 Å². The Morgan fingerprint density at radius 2 is 1.61 bits per heavy atom. The Morgan fingerprint density at radius 3 is 2.24 bits per heavy atom. The number of benzene rings is 2. The number of sulfonamides is 1. The number of anilines is 1. The first kappa shape index (κ1) is 27.3. The molecule has 0 atom stereocenters. The van der Waals surface area contributed by atoms with Crippen molar-refractivity contribution >= 4 is 21.6 Å². The minimum Gasteiger partial charge on any atom is -0.495 e. The fourth-order valence-electron chi connectivity index (χ4n) is 4.41. The van der Waals surface area contributed by atoms with Crippen molar-refractivity contribution in [1.29, 1.82) is 0 Å². The molecule has 0 N–H and O–H groups in total. The Bertz CT molecular complexity index is 1350. The second-order valence-corrected chi connectivity index (χ2v) is 10.9. The molecule has 1 amide bonds. The quantitative estimate of drug-likeness (QED) is 0.385. The molecule has 0 spiro atoms. The Balaban J connectivity index is 1.46. The van der Waals surface area contributed by atoms with Gasteiger partial charge in [-0.05, 0) is 54.4 Å². The average molecular weight is 544 g/mol. The highest BCUT2D eigenvalue weighted by atomic mass is 32.2. The number of likely N-dealkylation sites (N-methyl/N-ethyl adjacent to an activating group) is 1. The molecule has 1 fully saturated rings. The molecule has 0 radical (unpaired) electrons. The van der Waals surface area contributed by atoms with E-state index in [1.807, 2.05) is 17.0 Å². The van der Waals surface area contributed by atoms with Gasteiger partial charge in [0.1, 0.15) is 5.75 Å². The number of hydrogen-bond acceptors (Lipinski definition) is 8. The molecule has 10 nitrogen and oxygen atoms in total. The van der Waals surface area contributed by atoms with Gasteiger partial charge >= 0.3 is 0 Å². The van der Waals surface area contributed by atoms with Gasteiger partial charge in [0.15, 0.2) is 17.3 Å². The van der Waals surface area contributed by atoms with Crippen LogP contribution in [0, 0.1) is 0 Å². The molecule has 11 heteroatoms. The number of hydrogen-bond donors (Lipinski definition) is 0. The third-order valence-electron chi connectivity index (χ3n) is 6.66. The lowest BCUT2D eigenvalue weighted by atomic mass is 10.1. The highest BCUT2D eigenvalue weighted by Gasteiger charge is 2.27. The summed E-state index contributed by atoms with van der Waals surface area (Å²) in [6.45, 7) is 2.30. The van der Waals surface area contributed by atoms with E-state index >= 15 is 0 Å². The number of rotatable bonds is 10. The minimum atomic E-state index is -3.76. The number of carbonyl (C=O) groups excluding carboxylic acids is 1. The Kier molecular flexibility index (Phi) is 8.48. The fourth-order valence-corrected chi connectivity index (χ4v) is 5.60. The van der Waals surface area contributed by atoms with Crippen LogP contribution in [0.3, 0.4) is 0 Å². The van der Waals surface area contributed by atoms with Crippen LogP contribution in [0.15, 0.2) is 64.1 Å². The van der Waals surface area contributed by atoms with E-state index in [0.29, 0.717) is 61.3 Å². The van der Waals surface area contributed by atoms with Crippen LogP contribution in [0.4, 0.5) is 5.69 Å². The summed E-state index contributed by atoms with van der Waals surface area (Å²) in [6.07, 6.45) is 1.98. The van der Waals surface area contributed by atoms with Crippen molar-refractivity contribution in [2.24, 2.45) is 0 Å². The molecule has 1 aliphatic heterocycles. The monoisotopic (exact) mass is 543 g/mol. The lowest BCUT2D eigenvalue weighted by molar-refractivity contribution is 0.0714. The molecule has 4 rings (SSSR count). The highest BCUT2D eigenvalue weighted by molar-refractivity contribution is 7.89. The largest absolute Gasteiger partial charge is 0.495 e. The van der Waals surface area contributed by atoms with E-state index in [1.54, 1.807) is 69.7 Å². The van der Waals surface area contributed by atoms with Gasteiger partial charge in [-0.15, -0.1) is 0 Å². The topological polar surface area (TPSA) is 102 Å². The van der Waals surface area contributed by atoms with Crippen molar-refractivity contribution in [1.82, 2.24) is 9.21 Å². The van der Waals surface area contributed by atoms with Gasteiger partial charge in [-0.2, -0.15) is 0 Å². The van der Waals surface area contributed by atoms with E-state index < -0.39 is 10.0 Å². The number of methoxy groups -OCH3 is 3. The number of ether oxygens (including phenoxy) is 3. The van der Waals surface area contributed by atoms with Gasteiger partial charge in [-0.1, -0.05) is 6.07 Å². The summed E-state index contributed by atoms with van der Waals surface area (Å²) in [5.74, 6) is 1.94. The van der Waals surface area contributed by atoms with Gasteiger partial charge in [0.2, 0.25) is 10.0 Å². The van der Waals surface area contributed by atoms with Crippen LogP contribution in [0.5, 0.6) is 17.2 Å². The summed E-state index contributed by atoms with van der Waals surface area (Å²) < 4.78 is 49.6. The molecular formula is C27H33N3O7S. The molecule has 0 unspecified atom stereocenters. The molecule has 3 aromatic rings. The molecule has 204 valence electrons. The number of amides is 1. The van der Waals surface area contributed by atoms with Crippen molar-refractivity contribution in [3.8, 4) is 17.2 Å². The zero-order chi connectivity index (χ0) is 27.3.